The molecule has 2 fully saturated rings. The van der Waals surface area contributed by atoms with E-state index in [9.17, 15) is 9.59 Å². The molecule has 1 aliphatic heterocycles. The number of anilines is 1. The molecular weight excluding hydrogens is 328 g/mol. The Bertz CT molecular complexity index is 780. The number of aromatic nitrogens is 2. The molecular formula is C20H24N4O2. The van der Waals surface area contributed by atoms with Crippen molar-refractivity contribution in [3.63, 3.8) is 0 Å². The topological polar surface area (TPSA) is 67.2 Å². The Morgan fingerprint density at radius 2 is 1.92 bits per heavy atom. The van der Waals surface area contributed by atoms with Gasteiger partial charge in [-0.1, -0.05) is 43.2 Å². The number of carbonyl (C=O) groups excluding carboxylic acids is 2. The molecule has 0 radical (unpaired) electrons. The molecule has 26 heavy (non-hydrogen) atoms. The van der Waals surface area contributed by atoms with E-state index in [1.54, 1.807) is 16.9 Å². The molecule has 1 N–H and O–H groups in total. The van der Waals surface area contributed by atoms with Crippen molar-refractivity contribution >= 4 is 17.6 Å². The maximum Gasteiger partial charge on any atom is 0.230 e. The molecule has 1 aromatic heterocycles. The number of hydrogen-bond donors (Lipinski definition) is 1. The Kier molecular flexibility index (Phi) is 4.73. The molecule has 0 unspecified atom stereocenters. The normalized spacial score (nSPS) is 20.7. The number of benzene rings is 1. The molecule has 2 heterocycles. The first kappa shape index (κ1) is 16.8. The van der Waals surface area contributed by atoms with Crippen LogP contribution in [0.2, 0.25) is 0 Å². The average molecular weight is 352 g/mol. The van der Waals surface area contributed by atoms with Gasteiger partial charge in [0.2, 0.25) is 11.8 Å². The van der Waals surface area contributed by atoms with E-state index in [2.05, 4.69) is 10.4 Å². The Morgan fingerprint density at radius 1 is 1.15 bits per heavy atom. The first-order valence-electron chi connectivity index (χ1n) is 9.37. The lowest BCUT2D eigenvalue weighted by atomic mass is 10.1. The minimum Gasteiger partial charge on any atom is -0.339 e. The molecule has 2 aromatic rings. The molecule has 1 atom stereocenters. The highest BCUT2D eigenvalue weighted by Gasteiger charge is 2.38. The van der Waals surface area contributed by atoms with Crippen molar-refractivity contribution < 1.29 is 9.59 Å². The van der Waals surface area contributed by atoms with Gasteiger partial charge in [-0.25, -0.2) is 4.68 Å². The van der Waals surface area contributed by atoms with Crippen molar-refractivity contribution in [2.24, 2.45) is 5.92 Å². The number of hydrogen-bond acceptors (Lipinski definition) is 3. The lowest BCUT2D eigenvalue weighted by molar-refractivity contribution is -0.129. The molecule has 6 nitrogen and oxygen atoms in total. The second-order valence-electron chi connectivity index (χ2n) is 7.23. The van der Waals surface area contributed by atoms with Crippen LogP contribution in [0, 0.1) is 5.92 Å². The SMILES string of the molecule is O=C(Nc1ccnn1Cc1ccccc1)[C@@H]1CC(=O)N(C2CCCC2)C1. The number of amides is 2. The predicted molar refractivity (Wildman–Crippen MR) is 98.5 cm³/mol. The van der Waals surface area contributed by atoms with Crippen molar-refractivity contribution in [1.82, 2.24) is 14.7 Å². The Balaban J connectivity index is 1.40. The van der Waals surface area contributed by atoms with Crippen LogP contribution in [-0.2, 0) is 16.1 Å². The Morgan fingerprint density at radius 3 is 2.69 bits per heavy atom. The van der Waals surface area contributed by atoms with Gasteiger partial charge in [-0.05, 0) is 18.4 Å². The molecule has 2 amide bonds. The van der Waals surface area contributed by atoms with E-state index in [-0.39, 0.29) is 17.7 Å². The highest BCUT2D eigenvalue weighted by atomic mass is 16.2. The van der Waals surface area contributed by atoms with Gasteiger partial charge < -0.3 is 10.2 Å². The average Bonchev–Trinajstić information content (AvgIpc) is 3.38. The third kappa shape index (κ3) is 3.49. The van der Waals surface area contributed by atoms with Crippen LogP contribution in [0.1, 0.15) is 37.7 Å². The third-order valence-electron chi connectivity index (χ3n) is 5.44. The minimum absolute atomic E-state index is 0.0892. The van der Waals surface area contributed by atoms with E-state index in [1.165, 1.54) is 12.8 Å². The fourth-order valence-corrected chi connectivity index (χ4v) is 4.03. The largest absolute Gasteiger partial charge is 0.339 e. The summed E-state index contributed by atoms with van der Waals surface area (Å²) >= 11 is 0. The van der Waals surface area contributed by atoms with E-state index < -0.39 is 0 Å². The number of carbonyl (C=O) groups is 2. The van der Waals surface area contributed by atoms with Gasteiger partial charge in [0.05, 0.1) is 18.7 Å². The lowest BCUT2D eigenvalue weighted by Crippen LogP contribution is -2.35. The predicted octanol–water partition coefficient (Wildman–Crippen LogP) is 2.66. The van der Waals surface area contributed by atoms with Gasteiger partial charge in [0.15, 0.2) is 0 Å². The quantitative estimate of drug-likeness (QED) is 0.900. The van der Waals surface area contributed by atoms with Crippen LogP contribution in [0.15, 0.2) is 42.6 Å². The molecule has 0 spiro atoms. The van der Waals surface area contributed by atoms with Crippen LogP contribution in [0.25, 0.3) is 0 Å². The second-order valence-corrected chi connectivity index (χ2v) is 7.23. The van der Waals surface area contributed by atoms with E-state index in [0.717, 1.165) is 18.4 Å². The van der Waals surface area contributed by atoms with Crippen LogP contribution in [-0.4, -0.2) is 39.1 Å². The summed E-state index contributed by atoms with van der Waals surface area (Å²) in [5.74, 6) is 0.428. The zero-order chi connectivity index (χ0) is 17.9. The molecule has 1 saturated carbocycles. The Hall–Kier alpha value is -2.63. The number of nitrogens with one attached hydrogen (secondary N) is 1. The van der Waals surface area contributed by atoms with Crippen LogP contribution in [0.5, 0.6) is 0 Å². The summed E-state index contributed by atoms with van der Waals surface area (Å²) in [7, 11) is 0. The Labute approximate surface area is 153 Å². The van der Waals surface area contributed by atoms with Crippen molar-refractivity contribution in [2.75, 3.05) is 11.9 Å². The minimum atomic E-state index is -0.275. The highest BCUT2D eigenvalue weighted by Crippen LogP contribution is 2.30. The summed E-state index contributed by atoms with van der Waals surface area (Å²) in [5.41, 5.74) is 1.12. The monoisotopic (exact) mass is 352 g/mol. The number of likely N-dealkylation sites (tertiary alicyclic amines) is 1. The smallest absolute Gasteiger partial charge is 0.230 e. The number of nitrogens with zero attached hydrogens (tertiary/aromatic N) is 3. The molecule has 1 aromatic carbocycles. The molecule has 136 valence electrons. The molecule has 1 aliphatic carbocycles. The van der Waals surface area contributed by atoms with E-state index in [1.807, 2.05) is 35.2 Å². The summed E-state index contributed by atoms with van der Waals surface area (Å²) in [6.45, 7) is 1.14. The van der Waals surface area contributed by atoms with Gasteiger partial charge in [0.25, 0.3) is 0 Å². The van der Waals surface area contributed by atoms with E-state index in [0.29, 0.717) is 31.4 Å². The molecule has 0 bridgehead atoms. The van der Waals surface area contributed by atoms with Gasteiger partial charge in [-0.2, -0.15) is 5.10 Å². The van der Waals surface area contributed by atoms with Gasteiger partial charge >= 0.3 is 0 Å². The van der Waals surface area contributed by atoms with Gasteiger partial charge in [0.1, 0.15) is 5.82 Å². The summed E-state index contributed by atoms with van der Waals surface area (Å²) < 4.78 is 1.78. The van der Waals surface area contributed by atoms with Crippen LogP contribution in [0.3, 0.4) is 0 Å². The van der Waals surface area contributed by atoms with Gasteiger partial charge in [-0.3, -0.25) is 9.59 Å². The van der Waals surface area contributed by atoms with Gasteiger partial charge in [-0.15, -0.1) is 0 Å². The third-order valence-corrected chi connectivity index (χ3v) is 5.44. The summed E-state index contributed by atoms with van der Waals surface area (Å²) in [5, 5.41) is 7.28. The first-order valence-corrected chi connectivity index (χ1v) is 9.37. The first-order chi connectivity index (χ1) is 12.7. The second kappa shape index (κ2) is 7.32. The fraction of sp³-hybridized carbons (Fsp3) is 0.450. The van der Waals surface area contributed by atoms with Crippen LogP contribution in [0.4, 0.5) is 5.82 Å². The van der Waals surface area contributed by atoms with E-state index >= 15 is 0 Å². The maximum absolute atomic E-state index is 12.7. The van der Waals surface area contributed by atoms with Crippen molar-refractivity contribution in [3.8, 4) is 0 Å². The fourth-order valence-electron chi connectivity index (χ4n) is 4.03. The molecule has 4 rings (SSSR count). The summed E-state index contributed by atoms with van der Waals surface area (Å²) in [6, 6.07) is 12.1. The van der Waals surface area contributed by atoms with Crippen molar-refractivity contribution in [3.05, 3.63) is 48.2 Å². The molecule has 1 saturated heterocycles. The zero-order valence-electron chi connectivity index (χ0n) is 14.8. The van der Waals surface area contributed by atoms with E-state index in [4.69, 9.17) is 0 Å². The van der Waals surface area contributed by atoms with Gasteiger partial charge in [0, 0.05) is 25.1 Å². The van der Waals surface area contributed by atoms with Crippen molar-refractivity contribution in [2.45, 2.75) is 44.7 Å². The lowest BCUT2D eigenvalue weighted by Gasteiger charge is -2.23. The van der Waals surface area contributed by atoms with Crippen LogP contribution < -0.4 is 5.32 Å². The standard InChI is InChI=1S/C20H24N4O2/c25-19-12-16(14-23(19)17-8-4-5-9-17)20(26)22-18-10-11-21-24(18)13-15-6-2-1-3-7-15/h1-3,6-7,10-11,16-17H,4-5,8-9,12-14H2,(H,22,26)/t16-/m1/s1. The highest BCUT2D eigenvalue weighted by molar-refractivity contribution is 5.96. The molecule has 2 aliphatic rings. The summed E-state index contributed by atoms with van der Waals surface area (Å²) in [6.07, 6.45) is 6.51. The van der Waals surface area contributed by atoms with Crippen molar-refractivity contribution in [1.29, 1.82) is 0 Å². The summed E-state index contributed by atoms with van der Waals surface area (Å²) in [4.78, 5) is 26.9. The molecule has 6 heteroatoms. The zero-order valence-corrected chi connectivity index (χ0v) is 14.8. The number of rotatable bonds is 5. The maximum atomic E-state index is 12.7. The van der Waals surface area contributed by atoms with Crippen LogP contribution >= 0.6 is 0 Å².